The molecule has 0 unspecified atom stereocenters. The monoisotopic (exact) mass is 324 g/mol. The van der Waals surface area contributed by atoms with E-state index < -0.39 is 11.9 Å². The molecule has 2 heterocycles. The zero-order chi connectivity index (χ0) is 15.7. The van der Waals surface area contributed by atoms with Crippen molar-refractivity contribution in [2.75, 3.05) is 5.32 Å². The van der Waals surface area contributed by atoms with Gasteiger partial charge in [-0.2, -0.15) is 13.2 Å². The summed E-state index contributed by atoms with van der Waals surface area (Å²) in [7, 11) is 0. The van der Waals surface area contributed by atoms with E-state index in [2.05, 4.69) is 20.3 Å². The standard InChI is InChI=1S/C14H8ClF3N4/c15-10-3-1-2-8-7-20-12(6-9(8)10)22-13-19-5-4-11(21-13)14(16,17)18/h1-7H,(H,19,20,21,22). The second-order valence-corrected chi connectivity index (χ2v) is 4.83. The molecule has 0 aliphatic rings. The molecule has 112 valence electrons. The van der Waals surface area contributed by atoms with Crippen molar-refractivity contribution in [3.63, 3.8) is 0 Å². The van der Waals surface area contributed by atoms with E-state index in [-0.39, 0.29) is 5.95 Å². The maximum absolute atomic E-state index is 12.6. The van der Waals surface area contributed by atoms with Gasteiger partial charge in [-0.3, -0.25) is 0 Å². The van der Waals surface area contributed by atoms with Crippen LogP contribution in [0.15, 0.2) is 42.7 Å². The first kappa shape index (κ1) is 14.5. The fourth-order valence-corrected chi connectivity index (χ4v) is 2.13. The van der Waals surface area contributed by atoms with Crippen molar-refractivity contribution in [2.24, 2.45) is 0 Å². The quantitative estimate of drug-likeness (QED) is 0.757. The maximum atomic E-state index is 12.6. The van der Waals surface area contributed by atoms with Crippen molar-refractivity contribution in [3.05, 3.63) is 53.4 Å². The van der Waals surface area contributed by atoms with E-state index in [1.54, 1.807) is 24.4 Å². The average Bonchev–Trinajstić information content (AvgIpc) is 2.48. The lowest BCUT2D eigenvalue weighted by Crippen LogP contribution is -2.10. The number of hydrogen-bond acceptors (Lipinski definition) is 4. The number of nitrogens with zero attached hydrogens (tertiary/aromatic N) is 3. The summed E-state index contributed by atoms with van der Waals surface area (Å²) in [6, 6.07) is 7.76. The minimum absolute atomic E-state index is 0.186. The summed E-state index contributed by atoms with van der Waals surface area (Å²) in [6.07, 6.45) is -1.93. The van der Waals surface area contributed by atoms with Crippen LogP contribution in [0, 0.1) is 0 Å². The van der Waals surface area contributed by atoms with Crippen molar-refractivity contribution in [2.45, 2.75) is 6.18 Å². The number of pyridine rings is 1. The minimum Gasteiger partial charge on any atom is -0.309 e. The van der Waals surface area contributed by atoms with Gasteiger partial charge in [-0.15, -0.1) is 0 Å². The smallest absolute Gasteiger partial charge is 0.309 e. The van der Waals surface area contributed by atoms with Gasteiger partial charge in [0.1, 0.15) is 11.5 Å². The number of hydrogen-bond donors (Lipinski definition) is 1. The second kappa shape index (κ2) is 5.42. The molecule has 0 bridgehead atoms. The maximum Gasteiger partial charge on any atom is 0.433 e. The summed E-state index contributed by atoms with van der Waals surface area (Å²) in [6.45, 7) is 0. The Labute approximate surface area is 128 Å². The van der Waals surface area contributed by atoms with Gasteiger partial charge in [0, 0.05) is 28.2 Å². The summed E-state index contributed by atoms with van der Waals surface area (Å²) in [5.74, 6) is 0.119. The summed E-state index contributed by atoms with van der Waals surface area (Å²) in [4.78, 5) is 11.3. The molecule has 0 spiro atoms. The Balaban J connectivity index is 1.95. The normalized spacial score (nSPS) is 11.6. The van der Waals surface area contributed by atoms with Crippen LogP contribution in [0.2, 0.25) is 5.02 Å². The second-order valence-electron chi connectivity index (χ2n) is 4.42. The van der Waals surface area contributed by atoms with Crippen LogP contribution in [0.3, 0.4) is 0 Å². The highest BCUT2D eigenvalue weighted by atomic mass is 35.5. The first-order valence-corrected chi connectivity index (χ1v) is 6.53. The molecular weight excluding hydrogens is 317 g/mol. The zero-order valence-corrected chi connectivity index (χ0v) is 11.7. The Kier molecular flexibility index (Phi) is 3.58. The van der Waals surface area contributed by atoms with Crippen LogP contribution in [0.4, 0.5) is 24.9 Å². The molecular formula is C14H8ClF3N4. The van der Waals surface area contributed by atoms with E-state index in [1.807, 2.05) is 6.07 Å². The predicted octanol–water partition coefficient (Wildman–Crippen LogP) is 4.44. The molecule has 0 fully saturated rings. The number of halogens is 4. The van der Waals surface area contributed by atoms with Gasteiger partial charge in [0.05, 0.1) is 0 Å². The third-order valence-corrected chi connectivity index (χ3v) is 3.23. The molecule has 0 atom stereocenters. The minimum atomic E-state index is -4.53. The van der Waals surface area contributed by atoms with Crippen molar-refractivity contribution in [1.82, 2.24) is 15.0 Å². The fourth-order valence-electron chi connectivity index (χ4n) is 1.89. The Bertz CT molecular complexity index is 836. The van der Waals surface area contributed by atoms with Crippen LogP contribution in [-0.4, -0.2) is 15.0 Å². The molecule has 4 nitrogen and oxygen atoms in total. The van der Waals surface area contributed by atoms with E-state index in [4.69, 9.17) is 11.6 Å². The SMILES string of the molecule is FC(F)(F)c1ccnc(Nc2cc3c(Cl)cccc3cn2)n1. The van der Waals surface area contributed by atoms with E-state index in [0.29, 0.717) is 10.8 Å². The highest BCUT2D eigenvalue weighted by Crippen LogP contribution is 2.29. The van der Waals surface area contributed by atoms with Gasteiger partial charge >= 0.3 is 6.18 Å². The van der Waals surface area contributed by atoms with Gasteiger partial charge in [-0.1, -0.05) is 23.7 Å². The van der Waals surface area contributed by atoms with Crippen molar-refractivity contribution >= 4 is 34.1 Å². The van der Waals surface area contributed by atoms with E-state index in [0.717, 1.165) is 23.0 Å². The molecule has 0 saturated heterocycles. The molecule has 0 aliphatic heterocycles. The van der Waals surface area contributed by atoms with Gasteiger partial charge in [-0.25, -0.2) is 15.0 Å². The molecule has 2 aromatic heterocycles. The van der Waals surface area contributed by atoms with Crippen molar-refractivity contribution in [1.29, 1.82) is 0 Å². The topological polar surface area (TPSA) is 50.7 Å². The Hall–Kier alpha value is -2.41. The number of benzene rings is 1. The molecule has 1 N–H and O–H groups in total. The number of nitrogens with one attached hydrogen (secondary N) is 1. The van der Waals surface area contributed by atoms with Crippen molar-refractivity contribution < 1.29 is 13.2 Å². The van der Waals surface area contributed by atoms with Crippen LogP contribution < -0.4 is 5.32 Å². The van der Waals surface area contributed by atoms with E-state index in [1.165, 1.54) is 0 Å². The van der Waals surface area contributed by atoms with Crippen molar-refractivity contribution in [3.8, 4) is 0 Å². The first-order chi connectivity index (χ1) is 10.4. The summed E-state index contributed by atoms with van der Waals surface area (Å²) >= 11 is 6.08. The fraction of sp³-hybridized carbons (Fsp3) is 0.0714. The van der Waals surface area contributed by atoms with Gasteiger partial charge in [0.2, 0.25) is 5.95 Å². The number of anilines is 2. The first-order valence-electron chi connectivity index (χ1n) is 6.15. The predicted molar refractivity (Wildman–Crippen MR) is 77.1 cm³/mol. The Morgan fingerprint density at radius 3 is 2.68 bits per heavy atom. The number of rotatable bonds is 2. The number of alkyl halides is 3. The van der Waals surface area contributed by atoms with Crippen LogP contribution in [0.1, 0.15) is 5.69 Å². The lowest BCUT2D eigenvalue weighted by atomic mass is 10.2. The highest BCUT2D eigenvalue weighted by Gasteiger charge is 2.32. The lowest BCUT2D eigenvalue weighted by Gasteiger charge is -2.09. The lowest BCUT2D eigenvalue weighted by molar-refractivity contribution is -0.141. The van der Waals surface area contributed by atoms with Gasteiger partial charge in [0.15, 0.2) is 0 Å². The van der Waals surface area contributed by atoms with Gasteiger partial charge in [0.25, 0.3) is 0 Å². The van der Waals surface area contributed by atoms with Crippen LogP contribution in [-0.2, 0) is 6.18 Å². The van der Waals surface area contributed by atoms with Gasteiger partial charge in [-0.05, 0) is 18.2 Å². The van der Waals surface area contributed by atoms with Gasteiger partial charge < -0.3 is 5.32 Å². The van der Waals surface area contributed by atoms with Crippen LogP contribution in [0.5, 0.6) is 0 Å². The third-order valence-electron chi connectivity index (χ3n) is 2.90. The van der Waals surface area contributed by atoms with Crippen LogP contribution in [0.25, 0.3) is 10.8 Å². The van der Waals surface area contributed by atoms with E-state index in [9.17, 15) is 13.2 Å². The third kappa shape index (κ3) is 2.94. The molecule has 3 rings (SSSR count). The molecule has 1 aromatic carbocycles. The summed E-state index contributed by atoms with van der Waals surface area (Å²) in [5, 5.41) is 4.72. The summed E-state index contributed by atoms with van der Waals surface area (Å²) < 4.78 is 37.9. The highest BCUT2D eigenvalue weighted by molar-refractivity contribution is 6.35. The Morgan fingerprint density at radius 2 is 1.91 bits per heavy atom. The number of fused-ring (bicyclic) bond motifs is 1. The van der Waals surface area contributed by atoms with Crippen LogP contribution >= 0.6 is 11.6 Å². The molecule has 22 heavy (non-hydrogen) atoms. The molecule has 3 aromatic rings. The largest absolute Gasteiger partial charge is 0.433 e. The molecule has 0 aliphatic carbocycles. The molecule has 0 saturated carbocycles. The average molecular weight is 325 g/mol. The van der Waals surface area contributed by atoms with E-state index >= 15 is 0 Å². The number of aromatic nitrogens is 3. The Morgan fingerprint density at radius 1 is 1.09 bits per heavy atom. The molecule has 8 heteroatoms. The molecule has 0 radical (unpaired) electrons. The molecule has 0 amide bonds. The summed E-state index contributed by atoms with van der Waals surface area (Å²) in [5.41, 5.74) is -1.02. The zero-order valence-electron chi connectivity index (χ0n) is 10.9.